The Labute approximate surface area is 215 Å². The highest BCUT2D eigenvalue weighted by atomic mass is 16.5. The zero-order valence-corrected chi connectivity index (χ0v) is 22.2. The Hall–Kier alpha value is -3.24. The van der Waals surface area contributed by atoms with Crippen molar-refractivity contribution in [2.75, 3.05) is 45.6 Å². The quantitative estimate of drug-likeness (QED) is 0.133. The van der Waals surface area contributed by atoms with Crippen LogP contribution in [0.15, 0.2) is 48.0 Å². The summed E-state index contributed by atoms with van der Waals surface area (Å²) in [5.41, 5.74) is 13.5. The molecule has 3 amide bonds. The molecule has 1 unspecified atom stereocenters. The molecule has 0 aliphatic heterocycles. The van der Waals surface area contributed by atoms with E-state index in [-0.39, 0.29) is 18.5 Å². The van der Waals surface area contributed by atoms with Gasteiger partial charge in [-0.3, -0.25) is 4.79 Å². The lowest BCUT2D eigenvalue weighted by Crippen LogP contribution is -2.42. The SMILES string of the molecule is CC/C=C(\Nc1ccc(CO/C(=C/CC)N(C)CCNC)cc1)C(CCCNC(N)=O)NC(=O)CN. The van der Waals surface area contributed by atoms with E-state index in [0.717, 1.165) is 48.8 Å². The van der Waals surface area contributed by atoms with Crippen molar-refractivity contribution in [3.05, 3.63) is 53.6 Å². The maximum absolute atomic E-state index is 12.0. The summed E-state index contributed by atoms with van der Waals surface area (Å²) in [6, 6.07) is 7.19. The summed E-state index contributed by atoms with van der Waals surface area (Å²) in [7, 11) is 3.96. The van der Waals surface area contributed by atoms with Gasteiger partial charge in [-0.25, -0.2) is 4.79 Å². The molecule has 0 heterocycles. The Bertz CT molecular complexity index is 840. The lowest BCUT2D eigenvalue weighted by Gasteiger charge is -2.24. The number of anilines is 1. The standard InChI is InChI=1S/C26H45N7O3/c1-5-8-22(23(32-24(34)18-27)10-7-15-30-26(28)35)31-21-13-11-20(12-14-21)19-36-25(9-6-2)33(4)17-16-29-3/h8-9,11-14,23,29,31H,5-7,10,15-19,27H2,1-4H3,(H,32,34)(H3,28,30,35)/b22-8-,25-9+. The molecule has 1 aromatic rings. The molecule has 0 aliphatic rings. The summed E-state index contributed by atoms with van der Waals surface area (Å²) in [5.74, 6) is 0.627. The molecule has 0 fully saturated rings. The van der Waals surface area contributed by atoms with Gasteiger partial charge >= 0.3 is 6.03 Å². The molecule has 0 aliphatic carbocycles. The summed E-state index contributed by atoms with van der Waals surface area (Å²) >= 11 is 0. The number of rotatable bonds is 18. The summed E-state index contributed by atoms with van der Waals surface area (Å²) in [6.45, 7) is 6.67. The van der Waals surface area contributed by atoms with Gasteiger partial charge in [0, 0.05) is 38.1 Å². The summed E-state index contributed by atoms with van der Waals surface area (Å²) in [4.78, 5) is 25.1. The minimum absolute atomic E-state index is 0.0945. The van der Waals surface area contributed by atoms with Crippen LogP contribution in [0, 0.1) is 0 Å². The molecule has 10 nitrogen and oxygen atoms in total. The number of urea groups is 1. The molecular weight excluding hydrogens is 458 g/mol. The van der Waals surface area contributed by atoms with Crippen molar-refractivity contribution < 1.29 is 14.3 Å². The molecule has 0 bridgehead atoms. The number of nitrogens with two attached hydrogens (primary N) is 2. The lowest BCUT2D eigenvalue weighted by atomic mass is 10.1. The smallest absolute Gasteiger partial charge is 0.312 e. The van der Waals surface area contributed by atoms with Gasteiger partial charge in [-0.05, 0) is 56.5 Å². The summed E-state index contributed by atoms with van der Waals surface area (Å²) < 4.78 is 6.08. The molecule has 36 heavy (non-hydrogen) atoms. The Balaban J connectivity index is 2.85. The zero-order valence-electron chi connectivity index (χ0n) is 22.2. The van der Waals surface area contributed by atoms with Crippen LogP contribution >= 0.6 is 0 Å². The van der Waals surface area contributed by atoms with Gasteiger partial charge < -0.3 is 42.4 Å². The number of carbonyl (C=O) groups excluding carboxylic acids is 2. The van der Waals surface area contributed by atoms with E-state index in [2.05, 4.69) is 39.2 Å². The molecule has 0 saturated carbocycles. The number of ether oxygens (including phenoxy) is 1. The highest BCUT2D eigenvalue weighted by molar-refractivity contribution is 5.78. The first kappa shape index (κ1) is 30.8. The normalized spacial score (nSPS) is 12.6. The van der Waals surface area contributed by atoms with Crippen LogP contribution in [-0.2, 0) is 16.1 Å². The summed E-state index contributed by atoms with van der Waals surface area (Å²) in [6.07, 6.45) is 7.08. The highest BCUT2D eigenvalue weighted by Gasteiger charge is 2.17. The Morgan fingerprint density at radius 2 is 1.81 bits per heavy atom. The van der Waals surface area contributed by atoms with Gasteiger partial charge in [0.05, 0.1) is 12.6 Å². The number of amides is 3. The number of nitrogens with zero attached hydrogens (tertiary/aromatic N) is 1. The second-order valence-corrected chi connectivity index (χ2v) is 8.41. The lowest BCUT2D eigenvalue weighted by molar-refractivity contribution is -0.120. The van der Waals surface area contributed by atoms with E-state index in [0.29, 0.717) is 26.0 Å². The second-order valence-electron chi connectivity index (χ2n) is 8.41. The minimum Gasteiger partial charge on any atom is -0.474 e. The van der Waals surface area contributed by atoms with Gasteiger partial charge in [-0.15, -0.1) is 0 Å². The van der Waals surface area contributed by atoms with Crippen molar-refractivity contribution in [1.29, 1.82) is 0 Å². The van der Waals surface area contributed by atoms with Crippen LogP contribution in [0.3, 0.4) is 0 Å². The molecule has 1 atom stereocenters. The molecule has 8 N–H and O–H groups in total. The van der Waals surface area contributed by atoms with E-state index in [1.54, 1.807) is 0 Å². The fourth-order valence-corrected chi connectivity index (χ4v) is 3.47. The molecule has 0 spiro atoms. The fraction of sp³-hybridized carbons (Fsp3) is 0.538. The van der Waals surface area contributed by atoms with Crippen LogP contribution in [0.1, 0.15) is 45.1 Å². The van der Waals surface area contributed by atoms with Crippen molar-refractivity contribution >= 4 is 17.6 Å². The number of hydrogen-bond acceptors (Lipinski definition) is 7. The average molecular weight is 504 g/mol. The second kappa shape index (κ2) is 18.1. The van der Waals surface area contributed by atoms with Crippen molar-refractivity contribution in [2.45, 2.75) is 52.2 Å². The van der Waals surface area contributed by atoms with E-state index >= 15 is 0 Å². The number of likely N-dealkylation sites (N-methyl/N-ethyl adjacent to an activating group) is 2. The molecule has 0 aromatic heterocycles. The summed E-state index contributed by atoms with van der Waals surface area (Å²) in [5, 5.41) is 12.1. The van der Waals surface area contributed by atoms with Crippen LogP contribution in [0.2, 0.25) is 0 Å². The van der Waals surface area contributed by atoms with Gasteiger partial charge in [0.25, 0.3) is 0 Å². The maximum atomic E-state index is 12.0. The van der Waals surface area contributed by atoms with Crippen molar-refractivity contribution in [2.24, 2.45) is 11.5 Å². The number of benzene rings is 1. The third-order valence-electron chi connectivity index (χ3n) is 5.37. The first-order chi connectivity index (χ1) is 17.3. The van der Waals surface area contributed by atoms with E-state index < -0.39 is 6.03 Å². The minimum atomic E-state index is -0.564. The molecule has 10 heteroatoms. The fourth-order valence-electron chi connectivity index (χ4n) is 3.47. The number of allylic oxidation sites excluding steroid dienone is 2. The van der Waals surface area contributed by atoms with Crippen LogP contribution < -0.4 is 32.7 Å². The monoisotopic (exact) mass is 503 g/mol. The molecule has 1 rings (SSSR count). The number of primary amides is 1. The Morgan fingerprint density at radius 1 is 1.11 bits per heavy atom. The van der Waals surface area contributed by atoms with E-state index in [1.807, 2.05) is 51.4 Å². The van der Waals surface area contributed by atoms with E-state index in [9.17, 15) is 9.59 Å². The van der Waals surface area contributed by atoms with Crippen molar-refractivity contribution in [3.63, 3.8) is 0 Å². The number of carbonyl (C=O) groups is 2. The largest absolute Gasteiger partial charge is 0.474 e. The molecule has 1 aromatic carbocycles. The van der Waals surface area contributed by atoms with Crippen LogP contribution in [0.25, 0.3) is 0 Å². The molecule has 202 valence electrons. The zero-order chi connectivity index (χ0) is 26.8. The van der Waals surface area contributed by atoms with Crippen LogP contribution in [-0.4, -0.2) is 63.2 Å². The Kier molecular flexibility index (Phi) is 15.5. The number of hydrogen-bond donors (Lipinski definition) is 6. The van der Waals surface area contributed by atoms with Crippen molar-refractivity contribution in [3.8, 4) is 0 Å². The van der Waals surface area contributed by atoms with Gasteiger partial charge in [0.2, 0.25) is 5.91 Å². The maximum Gasteiger partial charge on any atom is 0.312 e. The topological polar surface area (TPSA) is 147 Å². The molecule has 0 radical (unpaired) electrons. The van der Waals surface area contributed by atoms with Gasteiger partial charge in [0.15, 0.2) is 5.88 Å². The molecule has 0 saturated heterocycles. The Morgan fingerprint density at radius 3 is 2.39 bits per heavy atom. The van der Waals surface area contributed by atoms with Crippen molar-refractivity contribution in [1.82, 2.24) is 20.9 Å². The molecular formula is C26H45N7O3. The number of nitrogens with one attached hydrogen (secondary N) is 4. The third kappa shape index (κ3) is 12.5. The van der Waals surface area contributed by atoms with Gasteiger partial charge in [-0.2, -0.15) is 0 Å². The average Bonchev–Trinajstić information content (AvgIpc) is 2.87. The predicted molar refractivity (Wildman–Crippen MR) is 146 cm³/mol. The van der Waals surface area contributed by atoms with Crippen LogP contribution in [0.4, 0.5) is 10.5 Å². The first-order valence-electron chi connectivity index (χ1n) is 12.6. The van der Waals surface area contributed by atoms with E-state index in [4.69, 9.17) is 16.2 Å². The predicted octanol–water partition coefficient (Wildman–Crippen LogP) is 2.20. The van der Waals surface area contributed by atoms with Crippen LogP contribution in [0.5, 0.6) is 0 Å². The van der Waals surface area contributed by atoms with E-state index in [1.165, 1.54) is 0 Å². The first-order valence-corrected chi connectivity index (χ1v) is 12.6. The van der Waals surface area contributed by atoms with Gasteiger partial charge in [-0.1, -0.05) is 32.1 Å². The third-order valence-corrected chi connectivity index (χ3v) is 5.37. The highest BCUT2D eigenvalue weighted by Crippen LogP contribution is 2.18. The van der Waals surface area contributed by atoms with Gasteiger partial charge in [0.1, 0.15) is 6.61 Å².